The molecule has 0 radical (unpaired) electrons. The van der Waals surface area contributed by atoms with Crippen LogP contribution in [0.25, 0.3) is 0 Å². The topological polar surface area (TPSA) is 46.2 Å². The van der Waals surface area contributed by atoms with Gasteiger partial charge in [-0.2, -0.15) is 0 Å². The largest absolute Gasteiger partial charge is 0.309 e. The zero-order chi connectivity index (χ0) is 12.2. The first kappa shape index (κ1) is 14.2. The smallest absolute Gasteiger partial charge is 0.147 e. The highest BCUT2D eigenvalue weighted by Crippen LogP contribution is 2.29. The van der Waals surface area contributed by atoms with Gasteiger partial charge in [0.05, 0.1) is 9.54 Å². The van der Waals surface area contributed by atoms with Crippen LogP contribution in [0.3, 0.4) is 0 Å². The van der Waals surface area contributed by atoms with E-state index in [9.17, 15) is 8.42 Å². The van der Waals surface area contributed by atoms with Gasteiger partial charge in [-0.3, -0.25) is 0 Å². The van der Waals surface area contributed by atoms with Crippen LogP contribution >= 0.6 is 27.3 Å². The Labute approximate surface area is 109 Å². The van der Waals surface area contributed by atoms with Crippen LogP contribution in [0.4, 0.5) is 0 Å². The van der Waals surface area contributed by atoms with E-state index in [1.807, 2.05) is 19.1 Å². The predicted molar refractivity (Wildman–Crippen MR) is 72.8 cm³/mol. The van der Waals surface area contributed by atoms with Crippen molar-refractivity contribution in [2.24, 2.45) is 0 Å². The van der Waals surface area contributed by atoms with Gasteiger partial charge in [-0.25, -0.2) is 8.42 Å². The molecule has 0 aliphatic rings. The highest BCUT2D eigenvalue weighted by Gasteiger charge is 2.15. The van der Waals surface area contributed by atoms with Crippen LogP contribution in [0, 0.1) is 0 Å². The van der Waals surface area contributed by atoms with Crippen LogP contribution in [0.1, 0.15) is 24.3 Å². The van der Waals surface area contributed by atoms with Crippen molar-refractivity contribution in [1.29, 1.82) is 0 Å². The quantitative estimate of drug-likeness (QED) is 0.874. The lowest BCUT2D eigenvalue weighted by Gasteiger charge is -2.15. The maximum absolute atomic E-state index is 11.1. The molecule has 0 amide bonds. The fourth-order valence-corrected chi connectivity index (χ4v) is 3.64. The third-order valence-electron chi connectivity index (χ3n) is 2.17. The van der Waals surface area contributed by atoms with Crippen molar-refractivity contribution in [3.05, 3.63) is 20.8 Å². The van der Waals surface area contributed by atoms with Crippen molar-refractivity contribution in [1.82, 2.24) is 5.32 Å². The van der Waals surface area contributed by atoms with E-state index in [2.05, 4.69) is 21.2 Å². The van der Waals surface area contributed by atoms with Crippen molar-refractivity contribution < 1.29 is 8.42 Å². The average molecular weight is 326 g/mol. The van der Waals surface area contributed by atoms with E-state index in [4.69, 9.17) is 0 Å². The van der Waals surface area contributed by atoms with Gasteiger partial charge < -0.3 is 5.32 Å². The van der Waals surface area contributed by atoms with Gasteiger partial charge in [-0.05, 0) is 41.0 Å². The van der Waals surface area contributed by atoms with Gasteiger partial charge in [0.15, 0.2) is 0 Å². The standard InChI is InChI=1S/C10H16BrNO2S2/c1-3-12-8(6-7-16(2,13)14)9-4-5-10(11)15-9/h4-5,8,12H,3,6-7H2,1-2H3. The predicted octanol–water partition coefficient (Wildman–Crippen LogP) is 2.60. The Bertz CT molecular complexity index is 428. The van der Waals surface area contributed by atoms with Crippen LogP contribution in [-0.2, 0) is 9.84 Å². The SMILES string of the molecule is CCNC(CCS(C)(=O)=O)c1ccc(Br)s1. The lowest BCUT2D eigenvalue weighted by Crippen LogP contribution is -2.22. The van der Waals surface area contributed by atoms with E-state index in [-0.39, 0.29) is 11.8 Å². The van der Waals surface area contributed by atoms with Gasteiger partial charge in [0, 0.05) is 17.2 Å². The first-order chi connectivity index (χ1) is 7.42. The molecule has 1 aromatic rings. The molecule has 6 heteroatoms. The molecule has 1 heterocycles. The van der Waals surface area contributed by atoms with Crippen molar-refractivity contribution in [2.75, 3.05) is 18.6 Å². The maximum Gasteiger partial charge on any atom is 0.147 e. The second-order valence-electron chi connectivity index (χ2n) is 3.67. The molecule has 1 unspecified atom stereocenters. The van der Waals surface area contributed by atoms with E-state index in [0.29, 0.717) is 6.42 Å². The van der Waals surface area contributed by atoms with Crippen LogP contribution in [-0.4, -0.2) is 27.0 Å². The van der Waals surface area contributed by atoms with Gasteiger partial charge in [-0.15, -0.1) is 11.3 Å². The summed E-state index contributed by atoms with van der Waals surface area (Å²) in [5.41, 5.74) is 0. The maximum atomic E-state index is 11.1. The molecule has 3 nitrogen and oxygen atoms in total. The highest BCUT2D eigenvalue weighted by atomic mass is 79.9. The molecule has 0 fully saturated rings. The van der Waals surface area contributed by atoms with Crippen molar-refractivity contribution >= 4 is 37.1 Å². The minimum Gasteiger partial charge on any atom is -0.309 e. The zero-order valence-corrected chi connectivity index (χ0v) is 12.6. The molecular formula is C10H16BrNO2S2. The molecule has 0 aromatic carbocycles. The summed E-state index contributed by atoms with van der Waals surface area (Å²) in [4.78, 5) is 1.18. The minimum absolute atomic E-state index is 0.135. The monoisotopic (exact) mass is 325 g/mol. The van der Waals surface area contributed by atoms with Gasteiger partial charge in [0.1, 0.15) is 9.84 Å². The van der Waals surface area contributed by atoms with E-state index in [0.717, 1.165) is 10.3 Å². The second kappa shape index (κ2) is 6.14. The molecule has 0 aliphatic heterocycles. The van der Waals surface area contributed by atoms with E-state index in [1.54, 1.807) is 11.3 Å². The molecule has 0 aliphatic carbocycles. The molecule has 0 spiro atoms. The number of sulfone groups is 1. The van der Waals surface area contributed by atoms with Crippen molar-refractivity contribution in [2.45, 2.75) is 19.4 Å². The molecular weight excluding hydrogens is 310 g/mol. The Morgan fingerprint density at radius 2 is 2.19 bits per heavy atom. The highest BCUT2D eigenvalue weighted by molar-refractivity contribution is 9.11. The molecule has 1 N–H and O–H groups in total. The molecule has 1 rings (SSSR count). The molecule has 0 bridgehead atoms. The van der Waals surface area contributed by atoms with E-state index >= 15 is 0 Å². The summed E-state index contributed by atoms with van der Waals surface area (Å²) in [6.07, 6.45) is 1.90. The number of halogens is 1. The van der Waals surface area contributed by atoms with Crippen molar-refractivity contribution in [3.8, 4) is 0 Å². The van der Waals surface area contributed by atoms with Gasteiger partial charge >= 0.3 is 0 Å². The Kier molecular flexibility index (Phi) is 5.43. The van der Waals surface area contributed by atoms with Crippen LogP contribution in [0.5, 0.6) is 0 Å². The lowest BCUT2D eigenvalue weighted by molar-refractivity contribution is 0.536. The molecule has 1 atom stereocenters. The van der Waals surface area contributed by atoms with Gasteiger partial charge in [-0.1, -0.05) is 6.92 Å². The van der Waals surface area contributed by atoms with Crippen LogP contribution in [0.15, 0.2) is 15.9 Å². The average Bonchev–Trinajstić information content (AvgIpc) is 2.57. The number of thiophene rings is 1. The molecule has 92 valence electrons. The van der Waals surface area contributed by atoms with Gasteiger partial charge in [0.25, 0.3) is 0 Å². The Hall–Kier alpha value is 0.0900. The number of nitrogens with one attached hydrogen (secondary N) is 1. The third kappa shape index (κ3) is 4.95. The summed E-state index contributed by atoms with van der Waals surface area (Å²) in [6, 6.07) is 4.16. The number of hydrogen-bond donors (Lipinski definition) is 1. The minimum atomic E-state index is -2.89. The Morgan fingerprint density at radius 3 is 2.62 bits per heavy atom. The summed E-state index contributed by atoms with van der Waals surface area (Å²) in [7, 11) is -2.89. The van der Waals surface area contributed by atoms with Gasteiger partial charge in [0.2, 0.25) is 0 Å². The molecule has 1 aromatic heterocycles. The van der Waals surface area contributed by atoms with Crippen LogP contribution in [0.2, 0.25) is 0 Å². The summed E-state index contributed by atoms with van der Waals surface area (Å²) < 4.78 is 23.4. The number of hydrogen-bond acceptors (Lipinski definition) is 4. The summed E-state index contributed by atoms with van der Waals surface area (Å²) in [5.74, 6) is 0.222. The Morgan fingerprint density at radius 1 is 1.50 bits per heavy atom. The van der Waals surface area contributed by atoms with E-state index in [1.165, 1.54) is 11.1 Å². The van der Waals surface area contributed by atoms with E-state index < -0.39 is 9.84 Å². The summed E-state index contributed by atoms with van der Waals surface area (Å²) in [6.45, 7) is 2.86. The fraction of sp³-hybridized carbons (Fsp3) is 0.600. The molecule has 16 heavy (non-hydrogen) atoms. The number of rotatable bonds is 6. The summed E-state index contributed by atoms with van der Waals surface area (Å²) >= 11 is 5.06. The molecule has 0 saturated heterocycles. The fourth-order valence-electron chi connectivity index (χ4n) is 1.44. The molecule has 0 saturated carbocycles. The normalized spacial score (nSPS) is 13.9. The van der Waals surface area contributed by atoms with Crippen molar-refractivity contribution in [3.63, 3.8) is 0 Å². The summed E-state index contributed by atoms with van der Waals surface area (Å²) in [5, 5.41) is 3.31. The first-order valence-electron chi connectivity index (χ1n) is 5.08. The Balaban J connectivity index is 2.68. The zero-order valence-electron chi connectivity index (χ0n) is 9.36. The third-order valence-corrected chi connectivity index (χ3v) is 4.88. The first-order valence-corrected chi connectivity index (χ1v) is 8.75. The second-order valence-corrected chi connectivity index (χ2v) is 8.43. The van der Waals surface area contributed by atoms with Crippen LogP contribution < -0.4 is 5.32 Å². The lowest BCUT2D eigenvalue weighted by atomic mass is 10.2.